The van der Waals surface area contributed by atoms with Gasteiger partial charge in [0.2, 0.25) is 11.6 Å². The first-order valence-electron chi connectivity index (χ1n) is 7.92. The van der Waals surface area contributed by atoms with Gasteiger partial charge in [0.15, 0.2) is 6.10 Å². The molecule has 4 rings (SSSR count). The van der Waals surface area contributed by atoms with E-state index in [4.69, 9.17) is 16.3 Å². The number of benzene rings is 2. The minimum absolute atomic E-state index is 0.00624. The highest BCUT2D eigenvalue weighted by Gasteiger charge is 2.31. The number of hydrogen-bond donors (Lipinski definition) is 2. The lowest BCUT2D eigenvalue weighted by Gasteiger charge is -2.24. The van der Waals surface area contributed by atoms with Crippen molar-refractivity contribution in [2.45, 2.75) is 13.0 Å². The first-order valence-corrected chi connectivity index (χ1v) is 8.30. The number of ether oxygens (including phenoxy) is 1. The van der Waals surface area contributed by atoms with E-state index in [1.165, 1.54) is 0 Å². The van der Waals surface area contributed by atoms with Crippen molar-refractivity contribution < 1.29 is 19.1 Å². The van der Waals surface area contributed by atoms with Crippen LogP contribution in [0.25, 0.3) is 0 Å². The van der Waals surface area contributed by atoms with Crippen LogP contribution in [0.2, 0.25) is 0 Å². The molecule has 2 aromatic rings. The quantitative estimate of drug-likeness (QED) is 0.849. The maximum Gasteiger partial charge on any atom is 0.265 e. The summed E-state index contributed by atoms with van der Waals surface area (Å²) in [6, 6.07) is 11.5. The van der Waals surface area contributed by atoms with Crippen molar-refractivity contribution >= 4 is 40.4 Å². The highest BCUT2D eigenvalue weighted by molar-refractivity contribution is 6.50. The van der Waals surface area contributed by atoms with Crippen LogP contribution in [0.4, 0.5) is 11.4 Å². The van der Waals surface area contributed by atoms with Crippen LogP contribution >= 0.6 is 11.6 Å². The number of hydrogen-bond acceptors (Lipinski definition) is 5. The summed E-state index contributed by atoms with van der Waals surface area (Å²) in [4.78, 5) is 36.9. The van der Waals surface area contributed by atoms with E-state index in [9.17, 15) is 14.4 Å². The molecule has 130 valence electrons. The van der Waals surface area contributed by atoms with E-state index in [1.54, 1.807) is 49.4 Å². The summed E-state index contributed by atoms with van der Waals surface area (Å²) in [6.45, 7) is 1.65. The van der Waals surface area contributed by atoms with Crippen LogP contribution in [-0.2, 0) is 4.79 Å². The summed E-state index contributed by atoms with van der Waals surface area (Å²) >= 11 is 6.14. The summed E-state index contributed by atoms with van der Waals surface area (Å²) in [6.07, 6.45) is -0.576. The van der Waals surface area contributed by atoms with E-state index < -0.39 is 11.9 Å². The fourth-order valence-electron chi connectivity index (χ4n) is 2.89. The van der Waals surface area contributed by atoms with Gasteiger partial charge >= 0.3 is 0 Å². The topological polar surface area (TPSA) is 84.5 Å². The zero-order valence-electron chi connectivity index (χ0n) is 13.6. The molecule has 7 heteroatoms. The fourth-order valence-corrected chi connectivity index (χ4v) is 3.12. The molecule has 0 spiro atoms. The van der Waals surface area contributed by atoms with Gasteiger partial charge in [-0.15, -0.1) is 0 Å². The molecule has 1 heterocycles. The van der Waals surface area contributed by atoms with E-state index in [1.807, 2.05) is 0 Å². The third-order valence-electron chi connectivity index (χ3n) is 4.24. The van der Waals surface area contributed by atoms with Gasteiger partial charge in [0.1, 0.15) is 16.5 Å². The normalized spacial score (nSPS) is 18.7. The molecular formula is C19H13ClN2O4. The second kappa shape index (κ2) is 6.00. The van der Waals surface area contributed by atoms with Crippen molar-refractivity contribution in [3.05, 3.63) is 64.3 Å². The molecule has 2 aliphatic rings. The first-order chi connectivity index (χ1) is 12.5. The maximum absolute atomic E-state index is 12.7. The molecule has 0 fully saturated rings. The number of halogens is 1. The smallest absolute Gasteiger partial charge is 0.265 e. The summed E-state index contributed by atoms with van der Waals surface area (Å²) in [7, 11) is 0. The summed E-state index contributed by atoms with van der Waals surface area (Å²) in [5, 5.41) is 5.46. The van der Waals surface area contributed by atoms with Gasteiger partial charge in [-0.3, -0.25) is 14.4 Å². The van der Waals surface area contributed by atoms with Gasteiger partial charge in [0.05, 0.1) is 5.69 Å². The van der Waals surface area contributed by atoms with Crippen LogP contribution in [0.1, 0.15) is 27.6 Å². The second-order valence-corrected chi connectivity index (χ2v) is 6.36. The molecule has 1 atom stereocenters. The van der Waals surface area contributed by atoms with Crippen molar-refractivity contribution in [2.75, 3.05) is 10.6 Å². The number of Topliss-reactive ketones (excluding diaryl/α,β-unsaturated/α-hetero) is 2. The molecular weight excluding hydrogens is 356 g/mol. The van der Waals surface area contributed by atoms with E-state index in [-0.39, 0.29) is 28.0 Å². The number of allylic oxidation sites excluding steroid dienone is 2. The van der Waals surface area contributed by atoms with Crippen LogP contribution < -0.4 is 15.4 Å². The molecule has 0 bridgehead atoms. The zero-order valence-corrected chi connectivity index (χ0v) is 14.4. The van der Waals surface area contributed by atoms with Gasteiger partial charge < -0.3 is 15.4 Å². The lowest BCUT2D eigenvalue weighted by Crippen LogP contribution is -2.34. The molecule has 2 N–H and O–H groups in total. The van der Waals surface area contributed by atoms with Crippen LogP contribution in [0.5, 0.6) is 5.75 Å². The monoisotopic (exact) mass is 368 g/mol. The second-order valence-electron chi connectivity index (χ2n) is 5.98. The Hall–Kier alpha value is -3.12. The largest absolute Gasteiger partial charge is 0.479 e. The Kier molecular flexibility index (Phi) is 3.77. The Bertz CT molecular complexity index is 1010. The number of nitrogens with one attached hydrogen (secondary N) is 2. The average molecular weight is 369 g/mol. The summed E-state index contributed by atoms with van der Waals surface area (Å²) in [5.74, 6) is -0.506. The summed E-state index contributed by atoms with van der Waals surface area (Å²) < 4.78 is 5.50. The molecule has 0 aromatic heterocycles. The Morgan fingerprint density at radius 1 is 1.04 bits per heavy atom. The van der Waals surface area contributed by atoms with Crippen LogP contribution in [0.3, 0.4) is 0 Å². The third-order valence-corrected chi connectivity index (χ3v) is 4.60. The Morgan fingerprint density at radius 3 is 2.46 bits per heavy atom. The van der Waals surface area contributed by atoms with Crippen molar-refractivity contribution in [1.82, 2.24) is 0 Å². The van der Waals surface area contributed by atoms with E-state index in [0.717, 1.165) is 0 Å². The number of carbonyl (C=O) groups excluding carboxylic acids is 3. The number of rotatable bonds is 2. The number of fused-ring (bicyclic) bond motifs is 2. The standard InChI is InChI=1S/C19H13ClN2O4/c1-9-19(25)22-13-8-10(6-7-14(13)26-9)21-16-15(20)17(23)11-4-2-3-5-12(11)18(16)24/h2-9,21H,1H3,(H,22,25). The Balaban J connectivity index is 1.69. The van der Waals surface area contributed by atoms with E-state index >= 15 is 0 Å². The fraction of sp³-hybridized carbons (Fsp3) is 0.105. The molecule has 1 amide bonds. The SMILES string of the molecule is CC1Oc2ccc(NC3=C(Cl)C(=O)c4ccccc4C3=O)cc2NC1=O. The summed E-state index contributed by atoms with van der Waals surface area (Å²) in [5.41, 5.74) is 1.56. The van der Waals surface area contributed by atoms with Gasteiger partial charge in [-0.25, -0.2) is 0 Å². The molecule has 0 saturated heterocycles. The van der Waals surface area contributed by atoms with E-state index in [0.29, 0.717) is 22.7 Å². The molecule has 1 unspecified atom stereocenters. The van der Waals surface area contributed by atoms with Gasteiger partial charge in [0, 0.05) is 16.8 Å². The number of anilines is 2. The minimum Gasteiger partial charge on any atom is -0.479 e. The van der Waals surface area contributed by atoms with Gasteiger partial charge in [-0.05, 0) is 25.1 Å². The van der Waals surface area contributed by atoms with Crippen molar-refractivity contribution in [1.29, 1.82) is 0 Å². The molecule has 2 aromatic carbocycles. The van der Waals surface area contributed by atoms with Gasteiger partial charge in [-0.1, -0.05) is 35.9 Å². The van der Waals surface area contributed by atoms with E-state index in [2.05, 4.69) is 10.6 Å². The number of amides is 1. The Morgan fingerprint density at radius 2 is 1.73 bits per heavy atom. The molecule has 1 aliphatic heterocycles. The van der Waals surface area contributed by atoms with Gasteiger partial charge in [-0.2, -0.15) is 0 Å². The zero-order chi connectivity index (χ0) is 18.4. The van der Waals surface area contributed by atoms with Crippen LogP contribution in [-0.4, -0.2) is 23.6 Å². The van der Waals surface area contributed by atoms with Gasteiger partial charge in [0.25, 0.3) is 5.91 Å². The maximum atomic E-state index is 12.7. The van der Waals surface area contributed by atoms with Crippen LogP contribution in [0, 0.1) is 0 Å². The predicted octanol–water partition coefficient (Wildman–Crippen LogP) is 3.35. The first kappa shape index (κ1) is 16.4. The van der Waals surface area contributed by atoms with Crippen molar-refractivity contribution in [2.24, 2.45) is 0 Å². The highest BCUT2D eigenvalue weighted by Crippen LogP contribution is 2.34. The lowest BCUT2D eigenvalue weighted by molar-refractivity contribution is -0.122. The Labute approximate surface area is 153 Å². The lowest BCUT2D eigenvalue weighted by atomic mass is 9.92. The highest BCUT2D eigenvalue weighted by atomic mass is 35.5. The van der Waals surface area contributed by atoms with Crippen molar-refractivity contribution in [3.8, 4) is 5.75 Å². The van der Waals surface area contributed by atoms with Crippen LogP contribution in [0.15, 0.2) is 53.2 Å². The number of ketones is 2. The minimum atomic E-state index is -0.576. The molecule has 0 saturated carbocycles. The van der Waals surface area contributed by atoms with Crippen molar-refractivity contribution in [3.63, 3.8) is 0 Å². The predicted molar refractivity (Wildman–Crippen MR) is 96.8 cm³/mol. The molecule has 26 heavy (non-hydrogen) atoms. The number of carbonyl (C=O) groups is 3. The third kappa shape index (κ3) is 2.55. The molecule has 1 aliphatic carbocycles. The average Bonchev–Trinajstić information content (AvgIpc) is 2.64. The molecule has 6 nitrogen and oxygen atoms in total. The molecule has 0 radical (unpaired) electrons.